The second-order valence-corrected chi connectivity index (χ2v) is 5.88. The average molecular weight is 235 g/mol. The molecule has 0 spiro atoms. The summed E-state index contributed by atoms with van der Waals surface area (Å²) >= 11 is 0. The number of aliphatic hydroxyl groups is 1. The summed E-state index contributed by atoms with van der Waals surface area (Å²) in [4.78, 5) is 12.2. The lowest BCUT2D eigenvalue weighted by atomic mass is 9.92. The number of carbonyl (C=O) groups excluding carboxylic acids is 1. The number of hydrogen-bond acceptors (Lipinski definition) is 2. The van der Waals surface area contributed by atoms with Crippen molar-refractivity contribution < 1.29 is 9.90 Å². The topological polar surface area (TPSA) is 49.3 Å². The zero-order valence-electron chi connectivity index (χ0n) is 10.1. The van der Waals surface area contributed by atoms with Crippen molar-refractivity contribution in [1.82, 2.24) is 5.32 Å². The van der Waals surface area contributed by atoms with E-state index in [2.05, 4.69) is 17.5 Å². The highest BCUT2D eigenvalue weighted by atomic mass is 16.3. The standard InChI is InChI=1S/C14H21NO2/c16-8-11-2-1-3-13(11)15-14(17)12-7-9-4-5-10(12)6-9/h4-5,9-13,16H,1-3,6-8H2,(H,15,17). The minimum absolute atomic E-state index is 0.199. The van der Waals surface area contributed by atoms with E-state index < -0.39 is 0 Å². The molecule has 2 saturated carbocycles. The van der Waals surface area contributed by atoms with Crippen molar-refractivity contribution in [3.8, 4) is 0 Å². The van der Waals surface area contributed by atoms with E-state index in [1.54, 1.807) is 0 Å². The summed E-state index contributed by atoms with van der Waals surface area (Å²) in [6, 6.07) is 0.218. The van der Waals surface area contributed by atoms with E-state index in [-0.39, 0.29) is 30.4 Å². The van der Waals surface area contributed by atoms with Crippen molar-refractivity contribution in [2.24, 2.45) is 23.7 Å². The van der Waals surface area contributed by atoms with Crippen LogP contribution < -0.4 is 5.32 Å². The maximum absolute atomic E-state index is 12.2. The van der Waals surface area contributed by atoms with Gasteiger partial charge in [-0.1, -0.05) is 18.6 Å². The molecule has 0 aromatic carbocycles. The van der Waals surface area contributed by atoms with Gasteiger partial charge in [-0.2, -0.15) is 0 Å². The molecule has 3 heteroatoms. The van der Waals surface area contributed by atoms with Crippen LogP contribution in [-0.4, -0.2) is 23.7 Å². The van der Waals surface area contributed by atoms with Crippen molar-refractivity contribution in [2.75, 3.05) is 6.61 Å². The number of hydrogen-bond donors (Lipinski definition) is 2. The third kappa shape index (κ3) is 2.01. The van der Waals surface area contributed by atoms with Gasteiger partial charge in [-0.15, -0.1) is 0 Å². The van der Waals surface area contributed by atoms with Crippen LogP contribution in [0.4, 0.5) is 0 Å². The van der Waals surface area contributed by atoms with Gasteiger partial charge < -0.3 is 10.4 Å². The number of carbonyl (C=O) groups is 1. The van der Waals surface area contributed by atoms with Crippen molar-refractivity contribution >= 4 is 5.91 Å². The molecule has 0 aliphatic heterocycles. The molecule has 0 saturated heterocycles. The van der Waals surface area contributed by atoms with Crippen molar-refractivity contribution in [3.05, 3.63) is 12.2 Å². The molecule has 1 amide bonds. The average Bonchev–Trinajstić information content (AvgIpc) is 3.03. The lowest BCUT2D eigenvalue weighted by molar-refractivity contribution is -0.126. The van der Waals surface area contributed by atoms with Crippen molar-refractivity contribution in [2.45, 2.75) is 38.1 Å². The minimum Gasteiger partial charge on any atom is -0.396 e. The van der Waals surface area contributed by atoms with Crippen LogP contribution in [0.25, 0.3) is 0 Å². The molecule has 3 aliphatic rings. The molecule has 5 unspecified atom stereocenters. The molecule has 94 valence electrons. The van der Waals surface area contributed by atoms with Gasteiger partial charge in [0, 0.05) is 24.5 Å². The zero-order chi connectivity index (χ0) is 11.8. The maximum atomic E-state index is 12.2. The molecule has 5 atom stereocenters. The van der Waals surface area contributed by atoms with Crippen LogP contribution in [0, 0.1) is 23.7 Å². The third-order valence-electron chi connectivity index (χ3n) is 4.84. The molecule has 17 heavy (non-hydrogen) atoms. The normalized spacial score (nSPS) is 43.2. The Bertz CT molecular complexity index is 339. The smallest absolute Gasteiger partial charge is 0.223 e. The fourth-order valence-corrected chi connectivity index (χ4v) is 3.82. The first-order chi connectivity index (χ1) is 8.28. The minimum atomic E-state index is 0.199. The van der Waals surface area contributed by atoms with Gasteiger partial charge in [-0.25, -0.2) is 0 Å². The highest BCUT2D eigenvalue weighted by molar-refractivity contribution is 5.80. The van der Waals surface area contributed by atoms with Gasteiger partial charge in [-0.3, -0.25) is 4.79 Å². The van der Waals surface area contributed by atoms with E-state index in [0.29, 0.717) is 11.8 Å². The van der Waals surface area contributed by atoms with E-state index in [1.807, 2.05) is 0 Å². The van der Waals surface area contributed by atoms with E-state index in [4.69, 9.17) is 0 Å². The Hall–Kier alpha value is -0.830. The molecule has 3 rings (SSSR count). The number of rotatable bonds is 3. The molecule has 3 nitrogen and oxygen atoms in total. The van der Waals surface area contributed by atoms with Gasteiger partial charge >= 0.3 is 0 Å². The van der Waals surface area contributed by atoms with Crippen LogP contribution in [0.3, 0.4) is 0 Å². The summed E-state index contributed by atoms with van der Waals surface area (Å²) in [7, 11) is 0. The highest BCUT2D eigenvalue weighted by Gasteiger charge is 2.41. The van der Waals surface area contributed by atoms with Crippen LogP contribution in [0.1, 0.15) is 32.1 Å². The number of amides is 1. The van der Waals surface area contributed by atoms with Crippen molar-refractivity contribution in [3.63, 3.8) is 0 Å². The molecule has 2 N–H and O–H groups in total. The zero-order valence-corrected chi connectivity index (χ0v) is 10.1. The molecule has 0 aromatic heterocycles. The Morgan fingerprint density at radius 1 is 1.29 bits per heavy atom. The molecular formula is C14H21NO2. The predicted octanol–water partition coefficient (Wildman–Crippen LogP) is 1.48. The van der Waals surface area contributed by atoms with Crippen molar-refractivity contribution in [1.29, 1.82) is 0 Å². The number of nitrogens with one attached hydrogen (secondary N) is 1. The van der Waals surface area contributed by atoms with E-state index >= 15 is 0 Å². The maximum Gasteiger partial charge on any atom is 0.223 e. The Morgan fingerprint density at radius 3 is 2.82 bits per heavy atom. The summed E-state index contributed by atoms with van der Waals surface area (Å²) in [6.45, 7) is 0.210. The van der Waals surface area contributed by atoms with Crippen LogP contribution in [0.2, 0.25) is 0 Å². The Morgan fingerprint density at radius 2 is 2.18 bits per heavy atom. The Balaban J connectivity index is 1.58. The van der Waals surface area contributed by atoms with Gasteiger partial charge in [0.1, 0.15) is 0 Å². The van der Waals surface area contributed by atoms with Gasteiger partial charge in [0.05, 0.1) is 0 Å². The van der Waals surface area contributed by atoms with Gasteiger partial charge in [0.2, 0.25) is 5.91 Å². The van der Waals surface area contributed by atoms with E-state index in [1.165, 1.54) is 6.42 Å². The highest BCUT2D eigenvalue weighted by Crippen LogP contribution is 2.43. The second kappa shape index (κ2) is 4.45. The van der Waals surface area contributed by atoms with Crippen LogP contribution in [0.15, 0.2) is 12.2 Å². The number of allylic oxidation sites excluding steroid dienone is 2. The van der Waals surface area contributed by atoms with Gasteiger partial charge in [0.15, 0.2) is 0 Å². The number of aliphatic hydroxyl groups excluding tert-OH is 1. The Labute approximate surface area is 102 Å². The largest absolute Gasteiger partial charge is 0.396 e. The molecule has 0 heterocycles. The SMILES string of the molecule is O=C(NC1CCCC1CO)C1CC2C=CC1C2. The van der Waals surface area contributed by atoms with Gasteiger partial charge in [-0.05, 0) is 37.5 Å². The second-order valence-electron chi connectivity index (χ2n) is 5.88. The quantitative estimate of drug-likeness (QED) is 0.728. The van der Waals surface area contributed by atoms with E-state index in [0.717, 1.165) is 25.7 Å². The lowest BCUT2D eigenvalue weighted by Crippen LogP contribution is -2.42. The first-order valence-electron chi connectivity index (χ1n) is 6.87. The first-order valence-corrected chi connectivity index (χ1v) is 6.87. The predicted molar refractivity (Wildman–Crippen MR) is 65.2 cm³/mol. The summed E-state index contributed by atoms with van der Waals surface area (Å²) in [6.07, 6.45) is 9.91. The molecular weight excluding hydrogens is 214 g/mol. The summed E-state index contributed by atoms with van der Waals surface area (Å²) < 4.78 is 0. The van der Waals surface area contributed by atoms with Crippen LogP contribution >= 0.6 is 0 Å². The monoisotopic (exact) mass is 235 g/mol. The lowest BCUT2D eigenvalue weighted by Gasteiger charge is -2.23. The molecule has 0 aromatic rings. The number of fused-ring (bicyclic) bond motifs is 2. The summed E-state index contributed by atoms with van der Waals surface area (Å²) in [5.74, 6) is 1.84. The summed E-state index contributed by atoms with van der Waals surface area (Å²) in [5.41, 5.74) is 0. The van der Waals surface area contributed by atoms with E-state index in [9.17, 15) is 9.90 Å². The molecule has 3 aliphatic carbocycles. The van der Waals surface area contributed by atoms with Gasteiger partial charge in [0.25, 0.3) is 0 Å². The first kappa shape index (κ1) is 11.3. The Kier molecular flexibility index (Phi) is 2.95. The van der Waals surface area contributed by atoms with Crippen LogP contribution in [-0.2, 0) is 4.79 Å². The fraction of sp³-hybridized carbons (Fsp3) is 0.786. The summed E-state index contributed by atoms with van der Waals surface area (Å²) in [5, 5.41) is 12.4. The molecule has 0 radical (unpaired) electrons. The fourth-order valence-electron chi connectivity index (χ4n) is 3.82. The molecule has 2 bridgehead atoms. The third-order valence-corrected chi connectivity index (χ3v) is 4.84. The van der Waals surface area contributed by atoms with Crippen LogP contribution in [0.5, 0.6) is 0 Å². The molecule has 2 fully saturated rings.